The Morgan fingerprint density at radius 1 is 1.10 bits per heavy atom. The first-order chi connectivity index (χ1) is 14.1. The number of carbonyl (C=O) groups is 2. The zero-order chi connectivity index (χ0) is 20.6. The van der Waals surface area contributed by atoms with Gasteiger partial charge in [0.2, 0.25) is 5.91 Å². The van der Waals surface area contributed by atoms with E-state index in [4.69, 9.17) is 0 Å². The molecule has 5 heteroatoms. The zero-order valence-corrected chi connectivity index (χ0v) is 17.0. The standard InChI is InChI=1S/C24H29FN2O2/c1-2-3-14-27(17-19-4-8-22(25)9-5-19)24(29)21-12-15-26(16-13-21)23-10-6-20(18-28)7-11-23/h4-11,18,21H,2-3,12-17H2,1H3. The predicted molar refractivity (Wildman–Crippen MR) is 113 cm³/mol. The topological polar surface area (TPSA) is 40.6 Å². The molecule has 0 atom stereocenters. The van der Waals surface area contributed by atoms with Gasteiger partial charge in [-0.3, -0.25) is 9.59 Å². The molecule has 2 aromatic rings. The van der Waals surface area contributed by atoms with E-state index >= 15 is 0 Å². The lowest BCUT2D eigenvalue weighted by atomic mass is 9.94. The number of anilines is 1. The van der Waals surface area contributed by atoms with Gasteiger partial charge in [0.1, 0.15) is 12.1 Å². The van der Waals surface area contributed by atoms with E-state index in [0.717, 1.165) is 62.9 Å². The summed E-state index contributed by atoms with van der Waals surface area (Å²) in [6, 6.07) is 14.0. The van der Waals surface area contributed by atoms with E-state index in [1.807, 2.05) is 29.2 Å². The molecule has 1 amide bonds. The predicted octanol–water partition coefficient (Wildman–Crippen LogP) is 4.68. The summed E-state index contributed by atoms with van der Waals surface area (Å²) in [5.74, 6) is -0.0229. The van der Waals surface area contributed by atoms with Crippen LogP contribution in [0.2, 0.25) is 0 Å². The number of unbranched alkanes of at least 4 members (excludes halogenated alkanes) is 1. The van der Waals surface area contributed by atoms with Crippen molar-refractivity contribution >= 4 is 17.9 Å². The van der Waals surface area contributed by atoms with Crippen LogP contribution in [0.15, 0.2) is 48.5 Å². The molecule has 1 heterocycles. The fraction of sp³-hybridized carbons (Fsp3) is 0.417. The van der Waals surface area contributed by atoms with Gasteiger partial charge in [-0.25, -0.2) is 4.39 Å². The van der Waals surface area contributed by atoms with Gasteiger partial charge in [0, 0.05) is 43.3 Å². The second kappa shape index (κ2) is 10.2. The van der Waals surface area contributed by atoms with E-state index < -0.39 is 0 Å². The number of hydrogen-bond donors (Lipinski definition) is 0. The number of rotatable bonds is 8. The Kier molecular flexibility index (Phi) is 7.39. The molecule has 0 spiro atoms. The van der Waals surface area contributed by atoms with Crippen molar-refractivity contribution in [3.05, 3.63) is 65.5 Å². The molecule has 0 unspecified atom stereocenters. The second-order valence-corrected chi connectivity index (χ2v) is 7.71. The van der Waals surface area contributed by atoms with Gasteiger partial charge in [-0.1, -0.05) is 25.5 Å². The van der Waals surface area contributed by atoms with Crippen LogP contribution in [-0.2, 0) is 11.3 Å². The lowest BCUT2D eigenvalue weighted by molar-refractivity contribution is -0.136. The number of aldehydes is 1. The fourth-order valence-corrected chi connectivity index (χ4v) is 3.83. The molecule has 1 aliphatic rings. The molecular weight excluding hydrogens is 367 g/mol. The summed E-state index contributed by atoms with van der Waals surface area (Å²) in [5, 5.41) is 0. The molecule has 0 bridgehead atoms. The summed E-state index contributed by atoms with van der Waals surface area (Å²) in [6.07, 6.45) is 4.48. The number of hydrogen-bond acceptors (Lipinski definition) is 3. The van der Waals surface area contributed by atoms with Gasteiger partial charge in [0.05, 0.1) is 0 Å². The van der Waals surface area contributed by atoms with Crippen LogP contribution in [0, 0.1) is 11.7 Å². The number of amides is 1. The van der Waals surface area contributed by atoms with Crippen molar-refractivity contribution in [2.45, 2.75) is 39.2 Å². The molecule has 0 aliphatic carbocycles. The van der Waals surface area contributed by atoms with Gasteiger partial charge in [0.25, 0.3) is 0 Å². The molecule has 1 aliphatic heterocycles. The third kappa shape index (κ3) is 5.66. The third-order valence-electron chi connectivity index (χ3n) is 5.62. The average molecular weight is 397 g/mol. The van der Waals surface area contributed by atoms with Gasteiger partial charge >= 0.3 is 0 Å². The Labute approximate surface area is 172 Å². The molecular formula is C24H29FN2O2. The van der Waals surface area contributed by atoms with Crippen LogP contribution in [0.4, 0.5) is 10.1 Å². The molecule has 3 rings (SSSR count). The van der Waals surface area contributed by atoms with Crippen molar-refractivity contribution in [3.63, 3.8) is 0 Å². The van der Waals surface area contributed by atoms with Gasteiger partial charge < -0.3 is 9.80 Å². The average Bonchev–Trinajstić information content (AvgIpc) is 2.77. The maximum atomic E-state index is 13.2. The second-order valence-electron chi connectivity index (χ2n) is 7.71. The summed E-state index contributed by atoms with van der Waals surface area (Å²) in [6.45, 7) is 5.05. The van der Waals surface area contributed by atoms with E-state index in [0.29, 0.717) is 12.1 Å². The Balaban J connectivity index is 1.60. The first-order valence-corrected chi connectivity index (χ1v) is 10.4. The molecule has 0 aromatic heterocycles. The summed E-state index contributed by atoms with van der Waals surface area (Å²) < 4.78 is 13.2. The molecule has 1 saturated heterocycles. The summed E-state index contributed by atoms with van der Waals surface area (Å²) in [7, 11) is 0. The lowest BCUT2D eigenvalue weighted by Crippen LogP contribution is -2.42. The maximum absolute atomic E-state index is 13.2. The normalized spacial score (nSPS) is 14.6. The lowest BCUT2D eigenvalue weighted by Gasteiger charge is -2.35. The summed E-state index contributed by atoms with van der Waals surface area (Å²) >= 11 is 0. The summed E-state index contributed by atoms with van der Waals surface area (Å²) in [4.78, 5) is 28.2. The van der Waals surface area contributed by atoms with Crippen molar-refractivity contribution in [2.75, 3.05) is 24.5 Å². The van der Waals surface area contributed by atoms with Crippen molar-refractivity contribution in [3.8, 4) is 0 Å². The highest BCUT2D eigenvalue weighted by atomic mass is 19.1. The molecule has 0 radical (unpaired) electrons. The van der Waals surface area contributed by atoms with Crippen LogP contribution in [0.1, 0.15) is 48.5 Å². The Morgan fingerprint density at radius 2 is 1.76 bits per heavy atom. The van der Waals surface area contributed by atoms with Crippen LogP contribution in [0.3, 0.4) is 0 Å². The minimum absolute atomic E-state index is 0.0257. The van der Waals surface area contributed by atoms with Gasteiger partial charge in [-0.05, 0) is 61.2 Å². The molecule has 1 fully saturated rings. The van der Waals surface area contributed by atoms with E-state index in [9.17, 15) is 14.0 Å². The van der Waals surface area contributed by atoms with Gasteiger partial charge in [-0.15, -0.1) is 0 Å². The van der Waals surface area contributed by atoms with Crippen LogP contribution in [0.5, 0.6) is 0 Å². The zero-order valence-electron chi connectivity index (χ0n) is 17.0. The first-order valence-electron chi connectivity index (χ1n) is 10.4. The number of benzene rings is 2. The largest absolute Gasteiger partial charge is 0.371 e. The maximum Gasteiger partial charge on any atom is 0.226 e. The molecule has 29 heavy (non-hydrogen) atoms. The van der Waals surface area contributed by atoms with Gasteiger partial charge in [-0.2, -0.15) is 0 Å². The van der Waals surface area contributed by atoms with Crippen LogP contribution in [0.25, 0.3) is 0 Å². The Bertz CT molecular complexity index is 797. The fourth-order valence-electron chi connectivity index (χ4n) is 3.83. The summed E-state index contributed by atoms with van der Waals surface area (Å²) in [5.41, 5.74) is 2.73. The SMILES string of the molecule is CCCCN(Cc1ccc(F)cc1)C(=O)C1CCN(c2ccc(C=O)cc2)CC1. The number of nitrogens with zero attached hydrogens (tertiary/aromatic N) is 2. The molecule has 0 saturated carbocycles. The number of carbonyl (C=O) groups excluding carboxylic acids is 2. The van der Waals surface area contributed by atoms with E-state index in [1.54, 1.807) is 12.1 Å². The van der Waals surface area contributed by atoms with Crippen LogP contribution < -0.4 is 4.90 Å². The van der Waals surface area contributed by atoms with Crippen LogP contribution >= 0.6 is 0 Å². The van der Waals surface area contributed by atoms with Crippen molar-refractivity contribution in [1.82, 2.24) is 4.90 Å². The van der Waals surface area contributed by atoms with Crippen molar-refractivity contribution in [1.29, 1.82) is 0 Å². The Hall–Kier alpha value is -2.69. The number of halogens is 1. The van der Waals surface area contributed by atoms with Crippen LogP contribution in [-0.4, -0.2) is 36.7 Å². The molecule has 4 nitrogen and oxygen atoms in total. The highest BCUT2D eigenvalue weighted by molar-refractivity contribution is 5.79. The van der Waals surface area contributed by atoms with Crippen molar-refractivity contribution < 1.29 is 14.0 Å². The first kappa shape index (κ1) is 21.0. The van der Waals surface area contributed by atoms with Crippen molar-refractivity contribution in [2.24, 2.45) is 5.92 Å². The quantitative estimate of drug-likeness (QED) is 0.608. The molecule has 0 N–H and O–H groups in total. The minimum Gasteiger partial charge on any atom is -0.371 e. The van der Waals surface area contributed by atoms with E-state index in [-0.39, 0.29) is 17.6 Å². The van der Waals surface area contributed by atoms with Gasteiger partial charge in [0.15, 0.2) is 0 Å². The monoisotopic (exact) mass is 396 g/mol. The Morgan fingerprint density at radius 3 is 2.34 bits per heavy atom. The van der Waals surface area contributed by atoms with E-state index in [2.05, 4.69) is 11.8 Å². The highest BCUT2D eigenvalue weighted by Gasteiger charge is 2.28. The van der Waals surface area contributed by atoms with E-state index in [1.165, 1.54) is 12.1 Å². The smallest absolute Gasteiger partial charge is 0.226 e. The third-order valence-corrected chi connectivity index (χ3v) is 5.62. The highest BCUT2D eigenvalue weighted by Crippen LogP contribution is 2.25. The molecule has 2 aromatic carbocycles. The minimum atomic E-state index is -0.256. The molecule has 154 valence electrons. The number of piperidine rings is 1.